The summed E-state index contributed by atoms with van der Waals surface area (Å²) in [5.41, 5.74) is 1.87. The van der Waals surface area contributed by atoms with Crippen molar-refractivity contribution in [3.05, 3.63) is 66.6 Å². The number of hydrogen-bond donors (Lipinski definition) is 0. The van der Waals surface area contributed by atoms with Gasteiger partial charge in [0.25, 0.3) is 0 Å². The summed E-state index contributed by atoms with van der Waals surface area (Å²) < 4.78 is 101. The number of hydrogen-bond acceptors (Lipinski definition) is 6. The maximum absolute atomic E-state index is 9.10. The van der Waals surface area contributed by atoms with Crippen LogP contribution >= 0.6 is 0 Å². The van der Waals surface area contributed by atoms with Crippen LogP contribution in [0.1, 0.15) is 60.9 Å². The molecule has 0 radical (unpaired) electrons. The largest absolute Gasteiger partial charge is 0.342 e. The SMILES string of the molecule is [2H]C([2H])([2H])C([2H])([2H])[C@@H]1c2nncn2-c2c(C)nc(-c3ccncc3-c3ccccc3)nc2N1C([2H])(C([2H])([2H])[2H])C([2H])([2H])[2H]. The van der Waals surface area contributed by atoms with E-state index >= 15 is 0 Å². The van der Waals surface area contributed by atoms with E-state index in [0.717, 1.165) is 11.9 Å². The zero-order valence-corrected chi connectivity index (χ0v) is 16.4. The molecule has 0 aliphatic carbocycles. The van der Waals surface area contributed by atoms with E-state index in [1.807, 2.05) is 30.3 Å². The van der Waals surface area contributed by atoms with Crippen LogP contribution in [0, 0.1) is 6.92 Å². The van der Waals surface area contributed by atoms with Crippen molar-refractivity contribution in [2.45, 2.75) is 45.9 Å². The lowest BCUT2D eigenvalue weighted by molar-refractivity contribution is 0.497. The molecule has 0 bridgehead atoms. The molecule has 1 aromatic carbocycles. The minimum absolute atomic E-state index is 0.0225. The van der Waals surface area contributed by atoms with Gasteiger partial charge in [0.05, 0.1) is 13.1 Å². The predicted molar refractivity (Wildman–Crippen MR) is 121 cm³/mol. The Kier molecular flexibility index (Phi) is 2.48. The molecule has 0 saturated heterocycles. The molecule has 0 spiro atoms. The lowest BCUT2D eigenvalue weighted by Gasteiger charge is -2.40. The van der Waals surface area contributed by atoms with Crippen LogP contribution in [0.15, 0.2) is 55.1 Å². The quantitative estimate of drug-likeness (QED) is 0.471. The van der Waals surface area contributed by atoms with Crippen LogP contribution in [0.4, 0.5) is 5.82 Å². The lowest BCUT2D eigenvalue weighted by atomic mass is 10.0. The number of nitrogens with zero attached hydrogens (tertiary/aromatic N) is 7. The molecular formula is C24H25N7. The number of aryl methyl sites for hydroxylation is 1. The van der Waals surface area contributed by atoms with E-state index in [0.29, 0.717) is 16.0 Å². The van der Waals surface area contributed by atoms with Crippen molar-refractivity contribution in [3.63, 3.8) is 0 Å². The molecule has 3 aromatic heterocycles. The molecule has 7 heteroatoms. The minimum Gasteiger partial charge on any atom is -0.342 e. The van der Waals surface area contributed by atoms with Crippen LogP contribution in [-0.2, 0) is 0 Å². The van der Waals surface area contributed by atoms with Gasteiger partial charge in [-0.3, -0.25) is 9.55 Å². The fourth-order valence-corrected chi connectivity index (χ4v) is 3.76. The van der Waals surface area contributed by atoms with Crippen molar-refractivity contribution in [1.82, 2.24) is 29.7 Å². The monoisotopic (exact) mass is 423 g/mol. The zero-order valence-electron chi connectivity index (χ0n) is 28.4. The summed E-state index contributed by atoms with van der Waals surface area (Å²) >= 11 is 0. The highest BCUT2D eigenvalue weighted by molar-refractivity contribution is 5.81. The van der Waals surface area contributed by atoms with E-state index in [2.05, 4.69) is 25.1 Å². The molecule has 1 atom stereocenters. The number of aromatic nitrogens is 6. The summed E-state index contributed by atoms with van der Waals surface area (Å²) in [7, 11) is 0. The Morgan fingerprint density at radius 1 is 1.16 bits per heavy atom. The van der Waals surface area contributed by atoms with Gasteiger partial charge in [0, 0.05) is 44.6 Å². The standard InChI is InChI=1S/C24H25N7/c1-5-20-23-29-26-14-30(23)21-16(4)27-22(28-24(21)31(20)15(2)3)18-11-12-25-13-19(18)17-9-7-6-8-10-17/h6-15,20H,5H2,1-4H3/t20-/m1/s1/i1D3,2D3,3D3,5D2,15D. The van der Waals surface area contributed by atoms with Gasteiger partial charge in [-0.1, -0.05) is 37.2 Å². The van der Waals surface area contributed by atoms with Gasteiger partial charge in [0.2, 0.25) is 0 Å². The van der Waals surface area contributed by atoms with Crippen molar-refractivity contribution in [2.24, 2.45) is 0 Å². The summed E-state index contributed by atoms with van der Waals surface area (Å²) in [6.07, 6.45) is 0.838. The Morgan fingerprint density at radius 2 is 2.03 bits per heavy atom. The smallest absolute Gasteiger partial charge is 0.162 e. The molecule has 1 aliphatic heterocycles. The molecule has 7 nitrogen and oxygen atoms in total. The Balaban J connectivity index is 1.91. The Hall–Kier alpha value is -3.61. The molecule has 5 rings (SSSR count). The second-order valence-electron chi connectivity index (χ2n) is 6.92. The van der Waals surface area contributed by atoms with Crippen molar-refractivity contribution in [1.29, 1.82) is 0 Å². The van der Waals surface area contributed by atoms with E-state index in [-0.39, 0.29) is 17.2 Å². The molecule has 4 aromatic rings. The second kappa shape index (κ2) is 7.58. The van der Waals surface area contributed by atoms with Gasteiger partial charge in [-0.15, -0.1) is 10.2 Å². The van der Waals surface area contributed by atoms with Crippen LogP contribution < -0.4 is 4.90 Å². The number of anilines is 1. The predicted octanol–water partition coefficient (Wildman–Crippen LogP) is 4.77. The summed E-state index contributed by atoms with van der Waals surface area (Å²) in [5, 5.41) is 7.68. The van der Waals surface area contributed by atoms with Gasteiger partial charge in [-0.25, -0.2) is 9.97 Å². The van der Waals surface area contributed by atoms with Crippen LogP contribution in [0.5, 0.6) is 0 Å². The van der Waals surface area contributed by atoms with E-state index in [1.54, 1.807) is 12.3 Å². The molecule has 4 heterocycles. The topological polar surface area (TPSA) is 72.6 Å². The number of fused-ring (bicyclic) bond motifs is 3. The van der Waals surface area contributed by atoms with E-state index in [4.69, 9.17) is 16.4 Å². The lowest BCUT2D eigenvalue weighted by Crippen LogP contribution is -2.40. The molecule has 0 fully saturated rings. The number of rotatable bonds is 4. The third-order valence-corrected chi connectivity index (χ3v) is 5.11. The molecule has 1 aliphatic rings. The van der Waals surface area contributed by atoms with Gasteiger partial charge < -0.3 is 4.90 Å². The van der Waals surface area contributed by atoms with Crippen molar-refractivity contribution >= 4 is 5.82 Å². The maximum atomic E-state index is 9.10. The van der Waals surface area contributed by atoms with E-state index in [9.17, 15) is 0 Å². The van der Waals surface area contributed by atoms with Crippen molar-refractivity contribution in [2.75, 3.05) is 4.90 Å². The Labute approximate surface area is 198 Å². The Morgan fingerprint density at radius 3 is 2.84 bits per heavy atom. The highest BCUT2D eigenvalue weighted by atomic mass is 15.4. The molecular weight excluding hydrogens is 386 g/mol. The average Bonchev–Trinajstić information content (AvgIpc) is 3.39. The highest BCUT2D eigenvalue weighted by Crippen LogP contribution is 2.41. The van der Waals surface area contributed by atoms with Crippen LogP contribution in [-0.4, -0.2) is 35.7 Å². The molecule has 0 amide bonds. The van der Waals surface area contributed by atoms with Gasteiger partial charge in [-0.2, -0.15) is 0 Å². The summed E-state index contributed by atoms with van der Waals surface area (Å²) in [4.78, 5) is 13.8. The number of benzene rings is 1. The first-order valence-corrected chi connectivity index (χ1v) is 9.40. The first-order valence-electron chi connectivity index (χ1n) is 15.4. The summed E-state index contributed by atoms with van der Waals surface area (Å²) in [6.45, 7) is -9.16. The fourth-order valence-electron chi connectivity index (χ4n) is 3.76. The van der Waals surface area contributed by atoms with Crippen molar-refractivity contribution in [3.8, 4) is 28.2 Å². The molecule has 31 heavy (non-hydrogen) atoms. The van der Waals surface area contributed by atoms with Gasteiger partial charge in [-0.05, 0) is 38.6 Å². The zero-order chi connectivity index (χ0) is 31.8. The van der Waals surface area contributed by atoms with Crippen molar-refractivity contribution < 1.29 is 16.4 Å². The first kappa shape index (κ1) is 10.1. The van der Waals surface area contributed by atoms with E-state index in [1.165, 1.54) is 17.7 Å². The highest BCUT2D eigenvalue weighted by Gasteiger charge is 2.36. The normalized spacial score (nSPS) is 22.9. The Bertz CT molecular complexity index is 1650. The van der Waals surface area contributed by atoms with Crippen LogP contribution in [0.2, 0.25) is 0 Å². The molecule has 0 unspecified atom stereocenters. The van der Waals surface area contributed by atoms with Crippen LogP contribution in [0.25, 0.3) is 28.2 Å². The fraction of sp³-hybridized carbons (Fsp3) is 0.292. The summed E-state index contributed by atoms with van der Waals surface area (Å²) in [5.74, 6) is -0.927. The summed E-state index contributed by atoms with van der Waals surface area (Å²) in [6, 6.07) is 4.83. The maximum Gasteiger partial charge on any atom is 0.162 e. The average molecular weight is 424 g/mol. The second-order valence-corrected chi connectivity index (χ2v) is 6.92. The minimum atomic E-state index is -3.63. The van der Waals surface area contributed by atoms with E-state index < -0.39 is 50.6 Å². The van der Waals surface area contributed by atoms with Gasteiger partial charge in [0.15, 0.2) is 17.5 Å². The first-order chi connectivity index (χ1) is 19.8. The molecule has 0 N–H and O–H groups in total. The third-order valence-electron chi connectivity index (χ3n) is 5.11. The third kappa shape index (κ3) is 3.08. The molecule has 0 saturated carbocycles. The number of pyridine rings is 1. The van der Waals surface area contributed by atoms with Crippen LogP contribution in [0.3, 0.4) is 0 Å². The molecule has 156 valence electrons. The van der Waals surface area contributed by atoms with Gasteiger partial charge >= 0.3 is 0 Å². The van der Waals surface area contributed by atoms with Gasteiger partial charge in [0.1, 0.15) is 12.0 Å².